The predicted octanol–water partition coefficient (Wildman–Crippen LogP) is 4.35. The van der Waals surface area contributed by atoms with Crippen LogP contribution in [-0.4, -0.2) is 21.9 Å². The van der Waals surface area contributed by atoms with E-state index in [4.69, 9.17) is 11.6 Å². The average Bonchev–Trinajstić information content (AvgIpc) is 3.02. The van der Waals surface area contributed by atoms with Crippen molar-refractivity contribution in [2.75, 3.05) is 10.6 Å². The van der Waals surface area contributed by atoms with E-state index in [2.05, 4.69) is 20.6 Å². The van der Waals surface area contributed by atoms with Crippen LogP contribution in [0.5, 0.6) is 0 Å². The third-order valence-corrected chi connectivity index (χ3v) is 4.45. The normalized spacial score (nSPS) is 14.6. The number of nitrogens with one attached hydrogen (secondary N) is 2. The molecular weight excluding hydrogens is 324 g/mol. The fourth-order valence-electron chi connectivity index (χ4n) is 2.96. The van der Waals surface area contributed by atoms with Gasteiger partial charge in [-0.3, -0.25) is 4.79 Å². The minimum absolute atomic E-state index is 0.250. The minimum Gasteiger partial charge on any atom is -0.351 e. The second-order valence-corrected chi connectivity index (χ2v) is 6.69. The fourth-order valence-corrected chi connectivity index (χ4v) is 3.18. The van der Waals surface area contributed by atoms with Crippen molar-refractivity contribution in [2.45, 2.75) is 45.6 Å². The number of carbonyl (C=O) groups excluding carboxylic acids is 1. The van der Waals surface area contributed by atoms with Crippen LogP contribution in [0.15, 0.2) is 24.3 Å². The SMILES string of the molecule is Cc1cc(C(=O)Nc2ccc(Cl)cc2C)nc(NC2CCCC2)n1. The third kappa shape index (κ3) is 4.03. The van der Waals surface area contributed by atoms with Gasteiger partial charge in [0.2, 0.25) is 5.95 Å². The van der Waals surface area contributed by atoms with Gasteiger partial charge in [-0.1, -0.05) is 24.4 Å². The maximum Gasteiger partial charge on any atom is 0.274 e. The Balaban J connectivity index is 1.77. The van der Waals surface area contributed by atoms with Crippen molar-refractivity contribution in [1.29, 1.82) is 0 Å². The number of nitrogens with zero attached hydrogens (tertiary/aromatic N) is 2. The van der Waals surface area contributed by atoms with Gasteiger partial charge in [-0.05, 0) is 56.5 Å². The molecule has 126 valence electrons. The van der Waals surface area contributed by atoms with E-state index in [9.17, 15) is 4.79 Å². The van der Waals surface area contributed by atoms with E-state index < -0.39 is 0 Å². The molecule has 0 spiro atoms. The van der Waals surface area contributed by atoms with Gasteiger partial charge >= 0.3 is 0 Å². The lowest BCUT2D eigenvalue weighted by molar-refractivity contribution is 0.102. The zero-order valence-electron chi connectivity index (χ0n) is 13.9. The molecule has 6 heteroatoms. The van der Waals surface area contributed by atoms with Crippen molar-refractivity contribution >= 4 is 29.1 Å². The number of rotatable bonds is 4. The number of aromatic nitrogens is 2. The Labute approximate surface area is 146 Å². The van der Waals surface area contributed by atoms with E-state index in [-0.39, 0.29) is 5.91 Å². The summed E-state index contributed by atoms with van der Waals surface area (Å²) in [5.74, 6) is 0.278. The van der Waals surface area contributed by atoms with Gasteiger partial charge < -0.3 is 10.6 Å². The Morgan fingerprint density at radius 2 is 1.92 bits per heavy atom. The summed E-state index contributed by atoms with van der Waals surface area (Å²) in [5, 5.41) is 6.87. The highest BCUT2D eigenvalue weighted by Gasteiger charge is 2.17. The Morgan fingerprint density at radius 3 is 2.62 bits per heavy atom. The summed E-state index contributed by atoms with van der Waals surface area (Å²) in [7, 11) is 0. The van der Waals surface area contributed by atoms with Crippen molar-refractivity contribution in [3.05, 3.63) is 46.2 Å². The summed E-state index contributed by atoms with van der Waals surface area (Å²) < 4.78 is 0. The van der Waals surface area contributed by atoms with Gasteiger partial charge in [-0.15, -0.1) is 0 Å². The Kier molecular flexibility index (Phi) is 5.00. The molecule has 2 aromatic rings. The van der Waals surface area contributed by atoms with E-state index >= 15 is 0 Å². The van der Waals surface area contributed by atoms with E-state index in [0.717, 1.165) is 29.8 Å². The molecule has 0 atom stereocenters. The lowest BCUT2D eigenvalue weighted by Crippen LogP contribution is -2.20. The number of halogens is 1. The standard InChI is InChI=1S/C18H21ClN4O/c1-11-9-13(19)7-8-15(11)22-17(24)16-10-12(2)20-18(23-16)21-14-5-3-4-6-14/h7-10,14H,3-6H2,1-2H3,(H,22,24)(H,20,21,23). The van der Waals surface area contributed by atoms with Crippen LogP contribution >= 0.6 is 11.6 Å². The van der Waals surface area contributed by atoms with E-state index in [1.807, 2.05) is 19.9 Å². The molecule has 2 N–H and O–H groups in total. The minimum atomic E-state index is -0.250. The first-order valence-corrected chi connectivity index (χ1v) is 8.59. The predicted molar refractivity (Wildman–Crippen MR) is 96.8 cm³/mol. The van der Waals surface area contributed by atoms with E-state index in [1.165, 1.54) is 12.8 Å². The lowest BCUT2D eigenvalue weighted by Gasteiger charge is -2.13. The third-order valence-electron chi connectivity index (χ3n) is 4.21. The number of carbonyl (C=O) groups is 1. The summed E-state index contributed by atoms with van der Waals surface area (Å²) in [5.41, 5.74) is 2.76. The number of hydrogen-bond donors (Lipinski definition) is 2. The number of aryl methyl sites for hydroxylation is 2. The Morgan fingerprint density at radius 1 is 1.17 bits per heavy atom. The first-order valence-electron chi connectivity index (χ1n) is 8.21. The van der Waals surface area contributed by atoms with Crippen LogP contribution in [0.1, 0.15) is 47.4 Å². The second-order valence-electron chi connectivity index (χ2n) is 6.26. The molecule has 0 saturated heterocycles. The van der Waals surface area contributed by atoms with Crippen LogP contribution in [0, 0.1) is 13.8 Å². The largest absolute Gasteiger partial charge is 0.351 e. The summed E-state index contributed by atoms with van der Waals surface area (Å²) >= 11 is 5.95. The van der Waals surface area contributed by atoms with Crippen molar-refractivity contribution in [2.24, 2.45) is 0 Å². The molecule has 1 aliphatic carbocycles. The van der Waals surface area contributed by atoms with Crippen LogP contribution in [0.2, 0.25) is 5.02 Å². The van der Waals surface area contributed by atoms with Gasteiger partial charge in [0, 0.05) is 22.4 Å². The zero-order valence-corrected chi connectivity index (χ0v) is 14.7. The lowest BCUT2D eigenvalue weighted by atomic mass is 10.2. The molecule has 1 amide bonds. The highest BCUT2D eigenvalue weighted by Crippen LogP contribution is 2.22. The molecule has 0 bridgehead atoms. The fraction of sp³-hybridized carbons (Fsp3) is 0.389. The monoisotopic (exact) mass is 344 g/mol. The molecule has 0 unspecified atom stereocenters. The topological polar surface area (TPSA) is 66.9 Å². The number of hydrogen-bond acceptors (Lipinski definition) is 4. The van der Waals surface area contributed by atoms with Crippen LogP contribution in [-0.2, 0) is 0 Å². The van der Waals surface area contributed by atoms with E-state index in [1.54, 1.807) is 18.2 Å². The van der Waals surface area contributed by atoms with Gasteiger partial charge in [0.15, 0.2) is 0 Å². The molecule has 3 rings (SSSR count). The van der Waals surface area contributed by atoms with Crippen molar-refractivity contribution in [1.82, 2.24) is 9.97 Å². The molecule has 0 radical (unpaired) electrons. The molecule has 1 aromatic carbocycles. The van der Waals surface area contributed by atoms with Gasteiger partial charge in [0.05, 0.1) is 0 Å². The highest BCUT2D eigenvalue weighted by molar-refractivity contribution is 6.30. The van der Waals surface area contributed by atoms with Crippen molar-refractivity contribution in [3.63, 3.8) is 0 Å². The molecule has 5 nitrogen and oxygen atoms in total. The van der Waals surface area contributed by atoms with Gasteiger partial charge in [0.25, 0.3) is 5.91 Å². The molecule has 24 heavy (non-hydrogen) atoms. The molecule has 1 heterocycles. The molecule has 1 fully saturated rings. The van der Waals surface area contributed by atoms with Gasteiger partial charge in [0.1, 0.15) is 5.69 Å². The maximum absolute atomic E-state index is 12.5. The summed E-state index contributed by atoms with van der Waals surface area (Å²) in [6.45, 7) is 3.77. The van der Waals surface area contributed by atoms with E-state index in [0.29, 0.717) is 22.7 Å². The first-order chi connectivity index (χ1) is 11.5. The quantitative estimate of drug-likeness (QED) is 0.865. The van der Waals surface area contributed by atoms with Gasteiger partial charge in [-0.2, -0.15) is 0 Å². The van der Waals surface area contributed by atoms with Crippen LogP contribution in [0.3, 0.4) is 0 Å². The molecule has 1 aliphatic rings. The number of benzene rings is 1. The van der Waals surface area contributed by atoms with Crippen LogP contribution < -0.4 is 10.6 Å². The summed E-state index contributed by atoms with van der Waals surface area (Å²) in [6, 6.07) is 7.46. The van der Waals surface area contributed by atoms with Crippen molar-refractivity contribution < 1.29 is 4.79 Å². The maximum atomic E-state index is 12.5. The van der Waals surface area contributed by atoms with Crippen LogP contribution in [0.4, 0.5) is 11.6 Å². The van der Waals surface area contributed by atoms with Gasteiger partial charge in [-0.25, -0.2) is 9.97 Å². The summed E-state index contributed by atoms with van der Waals surface area (Å²) in [6.07, 6.45) is 4.71. The molecular formula is C18H21ClN4O. The average molecular weight is 345 g/mol. The zero-order chi connectivity index (χ0) is 17.1. The second kappa shape index (κ2) is 7.18. The number of anilines is 2. The molecule has 1 saturated carbocycles. The smallest absolute Gasteiger partial charge is 0.274 e. The molecule has 1 aromatic heterocycles. The summed E-state index contributed by atoms with van der Waals surface area (Å²) in [4.78, 5) is 21.3. The van der Waals surface area contributed by atoms with Crippen molar-refractivity contribution in [3.8, 4) is 0 Å². The highest BCUT2D eigenvalue weighted by atomic mass is 35.5. The molecule has 0 aliphatic heterocycles. The first kappa shape index (κ1) is 16.7. The van der Waals surface area contributed by atoms with Crippen LogP contribution in [0.25, 0.3) is 0 Å². The number of amides is 1. The Bertz CT molecular complexity index is 757. The Hall–Kier alpha value is -2.14.